The van der Waals surface area contributed by atoms with Gasteiger partial charge in [0, 0.05) is 24.6 Å². The molecule has 1 heterocycles. The molecule has 0 spiro atoms. The average Bonchev–Trinajstić information content (AvgIpc) is 3.27. The third-order valence-corrected chi connectivity index (χ3v) is 5.83. The third kappa shape index (κ3) is 7.73. The van der Waals surface area contributed by atoms with Gasteiger partial charge in [-0.15, -0.1) is 0 Å². The van der Waals surface area contributed by atoms with Crippen molar-refractivity contribution in [2.75, 3.05) is 6.61 Å². The Hall–Kier alpha value is -3.56. The molecule has 1 fully saturated rings. The second-order valence-electron chi connectivity index (χ2n) is 8.33. The van der Waals surface area contributed by atoms with Crippen molar-refractivity contribution in [2.45, 2.75) is 64.1 Å². The van der Waals surface area contributed by atoms with Crippen molar-refractivity contribution >= 4 is 17.6 Å². The predicted molar refractivity (Wildman–Crippen MR) is 131 cm³/mol. The predicted octanol–water partition coefficient (Wildman–Crippen LogP) is 4.78. The molecule has 0 radical (unpaired) electrons. The number of hydrogen-bond acceptors (Lipinski definition) is 8. The third-order valence-electron chi connectivity index (χ3n) is 5.83. The number of esters is 2. The van der Waals surface area contributed by atoms with E-state index in [-0.39, 0.29) is 30.1 Å². The van der Waals surface area contributed by atoms with Crippen LogP contribution in [0.3, 0.4) is 0 Å². The molecule has 4 atom stereocenters. The van der Waals surface area contributed by atoms with E-state index in [1.54, 1.807) is 13.0 Å². The van der Waals surface area contributed by atoms with Crippen molar-refractivity contribution in [3.05, 3.63) is 88.0 Å². The van der Waals surface area contributed by atoms with E-state index in [2.05, 4.69) is 0 Å². The van der Waals surface area contributed by atoms with Gasteiger partial charge in [-0.1, -0.05) is 43.3 Å². The van der Waals surface area contributed by atoms with Gasteiger partial charge >= 0.3 is 11.9 Å². The summed E-state index contributed by atoms with van der Waals surface area (Å²) in [4.78, 5) is 34.8. The first kappa shape index (κ1) is 27.0. The molecule has 0 amide bonds. The van der Waals surface area contributed by atoms with Crippen LogP contribution in [-0.2, 0) is 30.3 Å². The molecule has 3 rings (SSSR count). The van der Waals surface area contributed by atoms with Gasteiger partial charge in [-0.2, -0.15) is 0 Å². The summed E-state index contributed by atoms with van der Waals surface area (Å²) in [6.07, 6.45) is 2.83. The Kier molecular flexibility index (Phi) is 10.1. The first-order valence-electron chi connectivity index (χ1n) is 12.0. The number of ether oxygens (including phenoxy) is 4. The van der Waals surface area contributed by atoms with Crippen LogP contribution in [0, 0.1) is 10.1 Å². The molecule has 0 saturated carbocycles. The van der Waals surface area contributed by atoms with E-state index in [1.807, 2.05) is 37.3 Å². The molecule has 1 aliphatic rings. The molecule has 0 bridgehead atoms. The lowest BCUT2D eigenvalue weighted by molar-refractivity contribution is -0.384. The molecule has 2 aromatic rings. The fourth-order valence-corrected chi connectivity index (χ4v) is 4.00. The Bertz CT molecular complexity index is 1040. The van der Waals surface area contributed by atoms with Gasteiger partial charge in [-0.3, -0.25) is 10.1 Å². The quantitative estimate of drug-likeness (QED) is 0.178. The minimum Gasteiger partial charge on any atom is -0.463 e. The number of carbonyl (C=O) groups excluding carboxylic acids is 2. The molecule has 0 aliphatic carbocycles. The topological polar surface area (TPSA) is 114 Å². The number of benzene rings is 2. The van der Waals surface area contributed by atoms with Crippen LogP contribution in [-0.4, -0.2) is 47.9 Å². The number of non-ortho nitro benzene ring substituents is 1. The van der Waals surface area contributed by atoms with Crippen molar-refractivity contribution in [2.24, 2.45) is 0 Å². The van der Waals surface area contributed by atoms with Gasteiger partial charge in [-0.25, -0.2) is 9.59 Å². The molecule has 2 aromatic carbocycles. The SMILES string of the molecule is CCOC(=O)/C=C/C[C@H]1O[C@@H]([C@@H](CC)OCc2ccccc2)C[C@@H]1OC(=O)c1ccc([N+](=O)[O-])cc1. The van der Waals surface area contributed by atoms with Gasteiger partial charge in [0.1, 0.15) is 6.10 Å². The van der Waals surface area contributed by atoms with Crippen molar-refractivity contribution in [3.8, 4) is 0 Å². The Morgan fingerprint density at radius 2 is 1.86 bits per heavy atom. The summed E-state index contributed by atoms with van der Waals surface area (Å²) in [5.41, 5.74) is 1.14. The standard InChI is InChI=1S/C27H31NO8/c1-3-22(34-18-19-9-6-5-7-10-19)24-17-25(23(35-24)11-8-12-26(29)33-4-2)36-27(30)20-13-15-21(16-14-20)28(31)32/h5-10,12-16,22-25H,3-4,11,17-18H2,1-2H3/b12-8+/t22-,23-,24-,25+/m1/s1. The number of rotatable bonds is 12. The lowest BCUT2D eigenvalue weighted by Crippen LogP contribution is -2.28. The fraction of sp³-hybridized carbons (Fsp3) is 0.407. The van der Waals surface area contributed by atoms with Crippen molar-refractivity contribution < 1.29 is 33.5 Å². The second-order valence-corrected chi connectivity index (χ2v) is 8.33. The van der Waals surface area contributed by atoms with Crippen molar-refractivity contribution in [1.82, 2.24) is 0 Å². The highest BCUT2D eigenvalue weighted by molar-refractivity contribution is 5.89. The normalized spacial score (nSPS) is 20.2. The summed E-state index contributed by atoms with van der Waals surface area (Å²) >= 11 is 0. The van der Waals surface area contributed by atoms with Gasteiger partial charge in [0.15, 0.2) is 0 Å². The highest BCUT2D eigenvalue weighted by Gasteiger charge is 2.41. The van der Waals surface area contributed by atoms with Crippen LogP contribution in [0.15, 0.2) is 66.7 Å². The zero-order valence-electron chi connectivity index (χ0n) is 20.4. The second kappa shape index (κ2) is 13.5. The van der Waals surface area contributed by atoms with Crippen LogP contribution < -0.4 is 0 Å². The van der Waals surface area contributed by atoms with Crippen molar-refractivity contribution in [3.63, 3.8) is 0 Å². The minimum atomic E-state index is -0.600. The summed E-state index contributed by atoms with van der Waals surface area (Å²) in [7, 11) is 0. The molecule has 9 nitrogen and oxygen atoms in total. The molecule has 192 valence electrons. The average molecular weight is 498 g/mol. The summed E-state index contributed by atoms with van der Waals surface area (Å²) in [5, 5.41) is 10.9. The van der Waals surface area contributed by atoms with E-state index in [0.29, 0.717) is 25.9 Å². The maximum absolute atomic E-state index is 12.8. The van der Waals surface area contributed by atoms with Crippen LogP contribution >= 0.6 is 0 Å². The molecule has 9 heteroatoms. The number of carbonyl (C=O) groups is 2. The monoisotopic (exact) mass is 497 g/mol. The first-order valence-corrected chi connectivity index (χ1v) is 12.0. The van der Waals surface area contributed by atoms with Gasteiger partial charge in [0.25, 0.3) is 5.69 Å². The molecular formula is C27H31NO8. The maximum Gasteiger partial charge on any atom is 0.338 e. The smallest absolute Gasteiger partial charge is 0.338 e. The van der Waals surface area contributed by atoms with E-state index >= 15 is 0 Å². The highest BCUT2D eigenvalue weighted by Crippen LogP contribution is 2.31. The van der Waals surface area contributed by atoms with Crippen LogP contribution in [0.25, 0.3) is 0 Å². The highest BCUT2D eigenvalue weighted by atomic mass is 16.6. The zero-order valence-corrected chi connectivity index (χ0v) is 20.4. The zero-order chi connectivity index (χ0) is 25.9. The number of nitro groups is 1. The Balaban J connectivity index is 1.69. The van der Waals surface area contributed by atoms with E-state index < -0.39 is 29.1 Å². The maximum atomic E-state index is 12.8. The van der Waals surface area contributed by atoms with Crippen LogP contribution in [0.5, 0.6) is 0 Å². The van der Waals surface area contributed by atoms with Gasteiger partial charge in [0.2, 0.25) is 0 Å². The van der Waals surface area contributed by atoms with E-state index in [0.717, 1.165) is 5.56 Å². The Labute approximate surface area is 210 Å². The van der Waals surface area contributed by atoms with E-state index in [4.69, 9.17) is 18.9 Å². The summed E-state index contributed by atoms with van der Waals surface area (Å²) < 4.78 is 23.1. The van der Waals surface area contributed by atoms with Crippen molar-refractivity contribution in [1.29, 1.82) is 0 Å². The number of nitro benzene ring substituents is 1. The Morgan fingerprint density at radius 3 is 2.50 bits per heavy atom. The molecular weight excluding hydrogens is 466 g/mol. The summed E-state index contributed by atoms with van der Waals surface area (Å²) in [5.74, 6) is -1.05. The van der Waals surface area contributed by atoms with Crippen LogP contribution in [0.2, 0.25) is 0 Å². The van der Waals surface area contributed by atoms with Crippen LogP contribution in [0.1, 0.15) is 49.0 Å². The van der Waals surface area contributed by atoms with Gasteiger partial charge in [-0.05, 0) is 37.5 Å². The molecule has 0 aromatic heterocycles. The molecule has 1 aliphatic heterocycles. The lowest BCUT2D eigenvalue weighted by Gasteiger charge is -2.22. The molecule has 1 saturated heterocycles. The molecule has 36 heavy (non-hydrogen) atoms. The first-order chi connectivity index (χ1) is 17.4. The van der Waals surface area contributed by atoms with E-state index in [9.17, 15) is 19.7 Å². The Morgan fingerprint density at radius 1 is 1.14 bits per heavy atom. The van der Waals surface area contributed by atoms with E-state index in [1.165, 1.54) is 30.3 Å². The number of hydrogen-bond donors (Lipinski definition) is 0. The van der Waals surface area contributed by atoms with Gasteiger partial charge in [0.05, 0.1) is 42.0 Å². The van der Waals surface area contributed by atoms with Gasteiger partial charge < -0.3 is 18.9 Å². The largest absolute Gasteiger partial charge is 0.463 e. The summed E-state index contributed by atoms with van der Waals surface area (Å²) in [6.45, 7) is 4.44. The van der Waals surface area contributed by atoms with Crippen LogP contribution in [0.4, 0.5) is 5.69 Å². The lowest BCUT2D eigenvalue weighted by atomic mass is 10.0. The number of nitrogens with zero attached hydrogens (tertiary/aromatic N) is 1. The summed E-state index contributed by atoms with van der Waals surface area (Å²) in [6, 6.07) is 15.1. The molecule has 0 N–H and O–H groups in total. The minimum absolute atomic E-state index is 0.112. The fourth-order valence-electron chi connectivity index (χ4n) is 4.00. The molecule has 0 unspecified atom stereocenters.